The standard InChI is InChI=1S/C7H13N.C6H3N3O7/c1-7-2-4-8(6-7)5-3-7;10-6-4(8(13)14)1-3(7(11)12)2-5(6)9(15)16/h2-6H2,1H3;1-2,10H. The van der Waals surface area contributed by atoms with E-state index < -0.39 is 37.6 Å². The van der Waals surface area contributed by atoms with Crippen LogP contribution in [0.2, 0.25) is 0 Å². The molecule has 2 aliphatic rings. The molecule has 0 spiro atoms. The van der Waals surface area contributed by atoms with Crippen molar-refractivity contribution in [2.45, 2.75) is 19.8 Å². The van der Waals surface area contributed by atoms with Crippen LogP contribution in [0.1, 0.15) is 19.8 Å². The minimum atomic E-state index is -1.46. The number of benzene rings is 1. The third-order valence-electron chi connectivity index (χ3n) is 4.48. The Morgan fingerprint density at radius 3 is 1.62 bits per heavy atom. The predicted octanol–water partition coefficient (Wildman–Crippen LogP) is 0.170. The SMILES string of the molecule is CC12CC[NH+](CC1)C2.O=[N+]([O-])c1cc([N+](=O)[O-])c([O-])c([N+](=O)[O-])c1. The van der Waals surface area contributed by atoms with E-state index in [1.54, 1.807) is 0 Å². The quantitative estimate of drug-likeness (QED) is 0.606. The molecule has 0 unspecified atom stereocenters. The zero-order valence-corrected chi connectivity index (χ0v) is 12.9. The number of nitrogens with zero attached hydrogens (tertiary/aromatic N) is 3. The molecule has 0 atom stereocenters. The van der Waals surface area contributed by atoms with Gasteiger partial charge in [0.05, 0.1) is 52.3 Å². The minimum Gasteiger partial charge on any atom is -0.863 e. The van der Waals surface area contributed by atoms with Gasteiger partial charge in [-0.2, -0.15) is 0 Å². The summed E-state index contributed by atoms with van der Waals surface area (Å²) in [6.45, 7) is 6.81. The third-order valence-corrected chi connectivity index (χ3v) is 4.48. The van der Waals surface area contributed by atoms with E-state index in [0.29, 0.717) is 12.1 Å². The third kappa shape index (κ3) is 3.56. The molecule has 0 aliphatic carbocycles. The Labute approximate surface area is 135 Å². The Bertz CT molecular complexity index is 663. The zero-order chi connectivity index (χ0) is 18.1. The highest BCUT2D eigenvalue weighted by Gasteiger charge is 2.43. The molecule has 0 saturated carbocycles. The van der Waals surface area contributed by atoms with E-state index in [0.717, 1.165) is 5.41 Å². The molecule has 130 valence electrons. The lowest BCUT2D eigenvalue weighted by Crippen LogP contribution is -3.08. The van der Waals surface area contributed by atoms with Gasteiger partial charge in [0.1, 0.15) is 0 Å². The molecular weight excluding hydrogens is 324 g/mol. The number of non-ortho nitro benzene ring substituents is 1. The highest BCUT2D eigenvalue weighted by Crippen LogP contribution is 2.36. The summed E-state index contributed by atoms with van der Waals surface area (Å²) in [4.78, 5) is 29.4. The van der Waals surface area contributed by atoms with Crippen molar-refractivity contribution in [1.82, 2.24) is 0 Å². The van der Waals surface area contributed by atoms with Crippen LogP contribution in [0, 0.1) is 35.8 Å². The van der Waals surface area contributed by atoms with Gasteiger partial charge in [0.25, 0.3) is 17.1 Å². The molecule has 2 saturated heterocycles. The van der Waals surface area contributed by atoms with Crippen LogP contribution in [0.4, 0.5) is 17.1 Å². The van der Waals surface area contributed by atoms with Gasteiger partial charge >= 0.3 is 0 Å². The molecule has 0 aromatic heterocycles. The lowest BCUT2D eigenvalue weighted by molar-refractivity contribution is -0.879. The monoisotopic (exact) mass is 340 g/mol. The fourth-order valence-electron chi connectivity index (χ4n) is 3.12. The fourth-order valence-corrected chi connectivity index (χ4v) is 3.12. The minimum absolute atomic E-state index is 0.384. The molecule has 11 heteroatoms. The van der Waals surface area contributed by atoms with Gasteiger partial charge in [0.15, 0.2) is 0 Å². The molecule has 1 aromatic rings. The van der Waals surface area contributed by atoms with Gasteiger partial charge in [-0.15, -0.1) is 0 Å². The molecule has 2 aliphatic heterocycles. The smallest absolute Gasteiger partial charge is 0.283 e. The van der Waals surface area contributed by atoms with Crippen LogP contribution in [0.25, 0.3) is 0 Å². The van der Waals surface area contributed by atoms with E-state index in [1.807, 2.05) is 4.90 Å². The number of fused-ring (bicyclic) bond motifs is 2. The number of rotatable bonds is 3. The first-order valence-electron chi connectivity index (χ1n) is 7.25. The van der Waals surface area contributed by atoms with Crippen molar-refractivity contribution in [3.63, 3.8) is 0 Å². The van der Waals surface area contributed by atoms with Crippen molar-refractivity contribution in [3.05, 3.63) is 42.5 Å². The van der Waals surface area contributed by atoms with E-state index in [1.165, 1.54) is 32.5 Å². The largest absolute Gasteiger partial charge is 0.863 e. The van der Waals surface area contributed by atoms with Crippen molar-refractivity contribution >= 4 is 17.1 Å². The van der Waals surface area contributed by atoms with Crippen LogP contribution in [-0.2, 0) is 0 Å². The second-order valence-corrected chi connectivity index (χ2v) is 6.32. The van der Waals surface area contributed by atoms with Crippen LogP contribution in [0.5, 0.6) is 5.75 Å². The predicted molar refractivity (Wildman–Crippen MR) is 78.8 cm³/mol. The number of nitro benzene ring substituents is 3. The van der Waals surface area contributed by atoms with Gasteiger partial charge in [-0.05, 0) is 0 Å². The molecule has 0 radical (unpaired) electrons. The summed E-state index contributed by atoms with van der Waals surface area (Å²) in [5.74, 6) is -1.46. The molecule has 2 heterocycles. The van der Waals surface area contributed by atoms with Crippen molar-refractivity contribution < 1.29 is 24.8 Å². The number of hydrogen-bond donors (Lipinski definition) is 1. The first-order chi connectivity index (χ1) is 11.1. The van der Waals surface area contributed by atoms with E-state index >= 15 is 0 Å². The van der Waals surface area contributed by atoms with Crippen LogP contribution >= 0.6 is 0 Å². The Balaban J connectivity index is 0.000000214. The summed E-state index contributed by atoms with van der Waals surface area (Å²) in [6.07, 6.45) is 2.98. The summed E-state index contributed by atoms with van der Waals surface area (Å²) in [7, 11) is 0. The highest BCUT2D eigenvalue weighted by atomic mass is 16.6. The molecular formula is C13H16N4O7. The van der Waals surface area contributed by atoms with Crippen LogP contribution < -0.4 is 10.0 Å². The first-order valence-corrected chi connectivity index (χ1v) is 7.25. The van der Waals surface area contributed by atoms with Gasteiger partial charge in [-0.3, -0.25) is 30.3 Å². The van der Waals surface area contributed by atoms with Crippen molar-refractivity contribution in [2.75, 3.05) is 19.6 Å². The van der Waals surface area contributed by atoms with Crippen LogP contribution in [0.15, 0.2) is 12.1 Å². The highest BCUT2D eigenvalue weighted by molar-refractivity contribution is 5.63. The number of hydrogen-bond acceptors (Lipinski definition) is 7. The molecule has 1 aromatic carbocycles. The van der Waals surface area contributed by atoms with Gasteiger partial charge in [-0.1, -0.05) is 6.92 Å². The molecule has 2 bridgehead atoms. The summed E-state index contributed by atoms with van der Waals surface area (Å²) in [6, 6.07) is 0.769. The molecule has 0 amide bonds. The second kappa shape index (κ2) is 6.35. The van der Waals surface area contributed by atoms with Crippen molar-refractivity contribution in [1.29, 1.82) is 0 Å². The maximum Gasteiger partial charge on any atom is 0.283 e. The number of nitrogens with one attached hydrogen (secondary N) is 1. The average Bonchev–Trinajstić information content (AvgIpc) is 3.05. The number of nitro groups is 3. The lowest BCUT2D eigenvalue weighted by atomic mass is 9.87. The fraction of sp³-hybridized carbons (Fsp3) is 0.538. The molecule has 1 N–H and O–H groups in total. The maximum atomic E-state index is 11.1. The summed E-state index contributed by atoms with van der Waals surface area (Å²) in [5.41, 5.74) is -2.49. The van der Waals surface area contributed by atoms with Gasteiger partial charge in [0.2, 0.25) is 0 Å². The van der Waals surface area contributed by atoms with Gasteiger partial charge in [0, 0.05) is 18.3 Å². The Kier molecular flexibility index (Phi) is 4.64. The maximum absolute atomic E-state index is 11.1. The Hall–Kier alpha value is -2.82. The number of piperidine rings is 1. The summed E-state index contributed by atoms with van der Waals surface area (Å²) in [5, 5.41) is 42.1. The molecule has 24 heavy (non-hydrogen) atoms. The molecule has 3 rings (SSSR count). The average molecular weight is 340 g/mol. The Morgan fingerprint density at radius 1 is 0.958 bits per heavy atom. The van der Waals surface area contributed by atoms with Crippen molar-refractivity contribution in [2.24, 2.45) is 5.41 Å². The second-order valence-electron chi connectivity index (χ2n) is 6.32. The van der Waals surface area contributed by atoms with Gasteiger partial charge in [-0.25, -0.2) is 0 Å². The van der Waals surface area contributed by atoms with E-state index in [4.69, 9.17) is 0 Å². The van der Waals surface area contributed by atoms with Gasteiger partial charge < -0.3 is 10.0 Å². The summed E-state index contributed by atoms with van der Waals surface area (Å²) < 4.78 is 0. The molecule has 11 nitrogen and oxygen atoms in total. The first kappa shape index (κ1) is 17.5. The topological polar surface area (TPSA) is 157 Å². The van der Waals surface area contributed by atoms with Crippen LogP contribution in [0.3, 0.4) is 0 Å². The van der Waals surface area contributed by atoms with E-state index in [2.05, 4.69) is 6.92 Å². The van der Waals surface area contributed by atoms with E-state index in [-0.39, 0.29) is 0 Å². The normalized spacial score (nSPS) is 24.1. The lowest BCUT2D eigenvalue weighted by Gasteiger charge is -2.13. The van der Waals surface area contributed by atoms with E-state index in [9.17, 15) is 35.4 Å². The summed E-state index contributed by atoms with van der Waals surface area (Å²) >= 11 is 0. The van der Waals surface area contributed by atoms with Crippen LogP contribution in [-0.4, -0.2) is 34.4 Å². The Morgan fingerprint density at radius 2 is 1.42 bits per heavy atom. The zero-order valence-electron chi connectivity index (χ0n) is 12.9. The number of quaternary nitrogens is 1. The van der Waals surface area contributed by atoms with Crippen molar-refractivity contribution in [3.8, 4) is 5.75 Å². The molecule has 2 fully saturated rings.